The second-order valence-electron chi connectivity index (χ2n) is 11.9. The Hall–Kier alpha value is -4.02. The Morgan fingerprint density at radius 2 is 1.45 bits per heavy atom. The maximum atomic E-state index is 13.1. The maximum absolute atomic E-state index is 13.1. The molecule has 3 N–H and O–H groups in total. The Kier molecular flexibility index (Phi) is 10.6. The Bertz CT molecular complexity index is 1590. The van der Waals surface area contributed by atoms with Crippen LogP contribution >= 0.6 is 23.1 Å². The second kappa shape index (κ2) is 14.2. The molecule has 2 atom stereocenters. The molecule has 0 saturated carbocycles. The van der Waals surface area contributed by atoms with E-state index < -0.39 is 24.0 Å². The van der Waals surface area contributed by atoms with Crippen LogP contribution in [0.1, 0.15) is 61.7 Å². The van der Waals surface area contributed by atoms with Crippen LogP contribution in [0.4, 0.5) is 0 Å². The fraction of sp³-hybridized carbons (Fsp3) is 0.324. The molecule has 2 aromatic heterocycles. The number of aliphatic carboxylic acids is 1. The molecule has 10 heteroatoms. The number of nitrogens with zero attached hydrogens (tertiary/aromatic N) is 2. The number of carboxylic acids is 1. The van der Waals surface area contributed by atoms with Gasteiger partial charge in [-0.25, -0.2) is 9.97 Å². The number of thiophene rings is 1. The molecule has 4 rings (SSSR count). The lowest BCUT2D eigenvalue weighted by Gasteiger charge is -2.20. The first-order valence-electron chi connectivity index (χ1n) is 14.4. The fourth-order valence-electron chi connectivity index (χ4n) is 4.33. The highest BCUT2D eigenvalue weighted by molar-refractivity contribution is 7.99. The van der Waals surface area contributed by atoms with Crippen LogP contribution in [0.5, 0.6) is 0 Å². The Balaban J connectivity index is 1.47. The molecule has 44 heavy (non-hydrogen) atoms. The first-order chi connectivity index (χ1) is 20.8. The van der Waals surface area contributed by atoms with Crippen LogP contribution < -0.4 is 10.6 Å². The van der Waals surface area contributed by atoms with Crippen LogP contribution in [0.2, 0.25) is 0 Å². The SMILES string of the molecule is CC(C)Sc1ccc(-c2cnc(-c3ccc(C[C@H](NC(=O)c4ccc(C(C)(C)C)s4)C(=O)N[C@H](C)C(=O)O)cc3)nc2)cc1. The van der Waals surface area contributed by atoms with Crippen molar-refractivity contribution in [3.05, 3.63) is 88.4 Å². The highest BCUT2D eigenvalue weighted by Crippen LogP contribution is 2.30. The first-order valence-corrected chi connectivity index (χ1v) is 16.1. The number of benzene rings is 2. The van der Waals surface area contributed by atoms with Crippen molar-refractivity contribution < 1.29 is 19.5 Å². The number of aromatic nitrogens is 2. The van der Waals surface area contributed by atoms with Crippen molar-refractivity contribution in [3.8, 4) is 22.5 Å². The number of thioether (sulfide) groups is 1. The van der Waals surface area contributed by atoms with E-state index in [1.807, 2.05) is 42.1 Å². The van der Waals surface area contributed by atoms with Gasteiger partial charge in [-0.15, -0.1) is 23.1 Å². The van der Waals surface area contributed by atoms with E-state index in [2.05, 4.69) is 79.5 Å². The van der Waals surface area contributed by atoms with Crippen LogP contribution in [0, 0.1) is 0 Å². The molecule has 0 fully saturated rings. The molecule has 0 unspecified atom stereocenters. The maximum Gasteiger partial charge on any atom is 0.325 e. The van der Waals surface area contributed by atoms with Crippen molar-refractivity contribution >= 4 is 40.9 Å². The second-order valence-corrected chi connectivity index (χ2v) is 14.6. The highest BCUT2D eigenvalue weighted by Gasteiger charge is 2.26. The van der Waals surface area contributed by atoms with Crippen molar-refractivity contribution in [2.45, 2.75) is 75.6 Å². The number of rotatable bonds is 11. The predicted octanol–water partition coefficient (Wildman–Crippen LogP) is 6.60. The van der Waals surface area contributed by atoms with Gasteiger partial charge in [-0.2, -0.15) is 0 Å². The van der Waals surface area contributed by atoms with Gasteiger partial charge in [0.05, 0.1) is 4.88 Å². The van der Waals surface area contributed by atoms with E-state index in [9.17, 15) is 19.5 Å². The lowest BCUT2D eigenvalue weighted by Crippen LogP contribution is -2.51. The zero-order valence-electron chi connectivity index (χ0n) is 25.8. The van der Waals surface area contributed by atoms with Crippen LogP contribution in [-0.4, -0.2) is 50.2 Å². The fourth-order valence-corrected chi connectivity index (χ4v) is 6.13. The molecule has 0 aliphatic rings. The van der Waals surface area contributed by atoms with Crippen molar-refractivity contribution in [1.29, 1.82) is 0 Å². The van der Waals surface area contributed by atoms with E-state index in [4.69, 9.17) is 0 Å². The van der Waals surface area contributed by atoms with Crippen molar-refractivity contribution in [1.82, 2.24) is 20.6 Å². The molecule has 2 aromatic carbocycles. The summed E-state index contributed by atoms with van der Waals surface area (Å²) >= 11 is 3.19. The third-order valence-electron chi connectivity index (χ3n) is 6.78. The largest absolute Gasteiger partial charge is 0.480 e. The van der Waals surface area contributed by atoms with E-state index in [0.717, 1.165) is 27.1 Å². The summed E-state index contributed by atoms with van der Waals surface area (Å²) in [5, 5.41) is 15.1. The van der Waals surface area contributed by atoms with Gasteiger partial charge >= 0.3 is 5.97 Å². The Morgan fingerprint density at radius 3 is 2.00 bits per heavy atom. The van der Waals surface area contributed by atoms with Gasteiger partial charge in [-0.3, -0.25) is 14.4 Å². The van der Waals surface area contributed by atoms with E-state index in [1.54, 1.807) is 18.5 Å². The van der Waals surface area contributed by atoms with Crippen LogP contribution in [-0.2, 0) is 21.4 Å². The minimum Gasteiger partial charge on any atom is -0.480 e. The molecule has 4 aromatic rings. The number of carboxylic acid groups (broad SMARTS) is 1. The molecule has 0 saturated heterocycles. The molecule has 2 heterocycles. The summed E-state index contributed by atoms with van der Waals surface area (Å²) in [5.74, 6) is -1.54. The van der Waals surface area contributed by atoms with E-state index in [1.165, 1.54) is 23.2 Å². The molecule has 230 valence electrons. The first kappa shape index (κ1) is 32.9. The normalized spacial score (nSPS) is 12.9. The standard InChI is InChI=1S/C34H38N4O4S2/c1-20(2)43-26-13-11-23(12-14-26)25-18-35-30(36-19-25)24-9-7-22(8-10-24)17-27(31(39)37-21(3)33(41)42)38-32(40)28-15-16-29(44-28)34(4,5)6/h7-16,18-21,27H,17H2,1-6H3,(H,37,39)(H,38,40)(H,41,42)/t21-,27+/m1/s1. The van der Waals surface area contributed by atoms with Gasteiger partial charge < -0.3 is 15.7 Å². The Labute approximate surface area is 266 Å². The summed E-state index contributed by atoms with van der Waals surface area (Å²) < 4.78 is 0. The summed E-state index contributed by atoms with van der Waals surface area (Å²) in [6.07, 6.45) is 3.78. The van der Waals surface area contributed by atoms with E-state index >= 15 is 0 Å². The monoisotopic (exact) mass is 630 g/mol. The van der Waals surface area contributed by atoms with Crippen molar-refractivity contribution in [2.24, 2.45) is 0 Å². The number of hydrogen-bond acceptors (Lipinski definition) is 7. The predicted molar refractivity (Wildman–Crippen MR) is 177 cm³/mol. The zero-order valence-corrected chi connectivity index (χ0v) is 27.4. The molecule has 0 spiro atoms. The van der Waals surface area contributed by atoms with Gasteiger partial charge in [0, 0.05) is 45.0 Å². The molecule has 2 amide bonds. The number of amides is 2. The van der Waals surface area contributed by atoms with Gasteiger partial charge in [0.25, 0.3) is 5.91 Å². The molecule has 0 radical (unpaired) electrons. The van der Waals surface area contributed by atoms with E-state index in [-0.39, 0.29) is 17.7 Å². The van der Waals surface area contributed by atoms with Gasteiger partial charge in [0.1, 0.15) is 12.1 Å². The minimum atomic E-state index is -1.16. The molecule has 8 nitrogen and oxygen atoms in total. The third-order valence-corrected chi connectivity index (χ3v) is 9.31. The van der Waals surface area contributed by atoms with Gasteiger partial charge in [0.15, 0.2) is 5.82 Å². The van der Waals surface area contributed by atoms with Crippen LogP contribution in [0.25, 0.3) is 22.5 Å². The van der Waals surface area contributed by atoms with Crippen molar-refractivity contribution in [3.63, 3.8) is 0 Å². The smallest absolute Gasteiger partial charge is 0.325 e. The molecule has 0 aliphatic heterocycles. The van der Waals surface area contributed by atoms with Crippen LogP contribution in [0.15, 0.2) is 78.0 Å². The highest BCUT2D eigenvalue weighted by atomic mass is 32.2. The molecular formula is C34H38N4O4S2. The lowest BCUT2D eigenvalue weighted by molar-refractivity contribution is -0.141. The summed E-state index contributed by atoms with van der Waals surface area (Å²) in [6.45, 7) is 11.9. The van der Waals surface area contributed by atoms with Crippen molar-refractivity contribution in [2.75, 3.05) is 0 Å². The number of hydrogen-bond donors (Lipinski definition) is 3. The third kappa shape index (κ3) is 8.76. The molecular weight excluding hydrogens is 593 g/mol. The summed E-state index contributed by atoms with van der Waals surface area (Å²) in [4.78, 5) is 49.5. The molecule has 0 bridgehead atoms. The summed E-state index contributed by atoms with van der Waals surface area (Å²) in [7, 11) is 0. The van der Waals surface area contributed by atoms with E-state index in [0.29, 0.717) is 16.0 Å². The number of carbonyl (C=O) groups excluding carboxylic acids is 2. The van der Waals surface area contributed by atoms with Gasteiger partial charge in [-0.1, -0.05) is 71.0 Å². The van der Waals surface area contributed by atoms with Gasteiger partial charge in [-0.05, 0) is 47.7 Å². The lowest BCUT2D eigenvalue weighted by atomic mass is 9.95. The Morgan fingerprint density at radius 1 is 0.841 bits per heavy atom. The summed E-state index contributed by atoms with van der Waals surface area (Å²) in [5.41, 5.74) is 3.45. The van der Waals surface area contributed by atoms with Crippen LogP contribution in [0.3, 0.4) is 0 Å². The van der Waals surface area contributed by atoms with Gasteiger partial charge in [0.2, 0.25) is 5.91 Å². The summed E-state index contributed by atoms with van der Waals surface area (Å²) in [6, 6.07) is 17.4. The minimum absolute atomic E-state index is 0.110. The molecule has 0 aliphatic carbocycles. The average Bonchev–Trinajstić information content (AvgIpc) is 3.49. The zero-order chi connectivity index (χ0) is 32.0. The average molecular weight is 631 g/mol. The number of nitrogens with one attached hydrogen (secondary N) is 2. The quantitative estimate of drug-likeness (QED) is 0.160. The number of carbonyl (C=O) groups is 3. The topological polar surface area (TPSA) is 121 Å².